The van der Waals surface area contributed by atoms with Gasteiger partial charge in [0, 0.05) is 25.0 Å². The SMILES string of the molecule is CC(C)C(N)CCN(C)C(=O)c1scnc1C(C)(C)C.Cl.Cl. The maximum Gasteiger partial charge on any atom is 0.265 e. The van der Waals surface area contributed by atoms with E-state index in [0.29, 0.717) is 12.5 Å². The Labute approximate surface area is 150 Å². The Hall–Kier alpha value is -0.360. The number of carbonyl (C=O) groups excluding carboxylic acids is 1. The first-order chi connectivity index (χ1) is 9.14. The lowest BCUT2D eigenvalue weighted by atomic mass is 9.91. The van der Waals surface area contributed by atoms with Crippen molar-refractivity contribution in [1.82, 2.24) is 9.88 Å². The van der Waals surface area contributed by atoms with Crippen LogP contribution >= 0.6 is 36.2 Å². The standard InChI is InChI=1S/C15H27N3OS.2ClH/c1-10(2)11(16)7-8-18(6)14(19)12-13(15(3,4)5)17-9-20-12;;/h9-11H,7-8,16H2,1-6H3;2*1H. The molecule has 1 aromatic rings. The van der Waals surface area contributed by atoms with E-state index in [1.807, 2.05) is 7.05 Å². The van der Waals surface area contributed by atoms with E-state index in [1.165, 1.54) is 11.3 Å². The first kappa shape index (κ1) is 23.9. The lowest BCUT2D eigenvalue weighted by molar-refractivity contribution is 0.0791. The molecule has 1 aromatic heterocycles. The van der Waals surface area contributed by atoms with Gasteiger partial charge in [-0.05, 0) is 12.3 Å². The van der Waals surface area contributed by atoms with Crippen molar-refractivity contribution in [2.45, 2.75) is 52.5 Å². The highest BCUT2D eigenvalue weighted by atomic mass is 35.5. The molecule has 0 spiro atoms. The van der Waals surface area contributed by atoms with Gasteiger partial charge in [-0.1, -0.05) is 34.6 Å². The normalized spacial score (nSPS) is 12.4. The second-order valence-electron chi connectivity index (χ2n) is 6.70. The molecule has 0 saturated carbocycles. The van der Waals surface area contributed by atoms with Crippen molar-refractivity contribution < 1.29 is 4.79 Å². The van der Waals surface area contributed by atoms with Gasteiger partial charge < -0.3 is 10.6 Å². The van der Waals surface area contributed by atoms with E-state index < -0.39 is 0 Å². The van der Waals surface area contributed by atoms with Gasteiger partial charge in [0.2, 0.25) is 0 Å². The molecule has 22 heavy (non-hydrogen) atoms. The molecule has 1 atom stereocenters. The number of nitrogens with two attached hydrogens (primary N) is 1. The van der Waals surface area contributed by atoms with E-state index in [4.69, 9.17) is 5.73 Å². The van der Waals surface area contributed by atoms with Crippen LogP contribution in [-0.4, -0.2) is 35.4 Å². The molecule has 1 unspecified atom stereocenters. The van der Waals surface area contributed by atoms with Crippen molar-refractivity contribution >= 4 is 42.1 Å². The van der Waals surface area contributed by atoms with Gasteiger partial charge in [0.1, 0.15) is 4.88 Å². The summed E-state index contributed by atoms with van der Waals surface area (Å²) in [6, 6.07) is 0.133. The van der Waals surface area contributed by atoms with Gasteiger partial charge in [-0.3, -0.25) is 4.79 Å². The smallest absolute Gasteiger partial charge is 0.265 e. The third kappa shape index (κ3) is 6.41. The lowest BCUT2D eigenvalue weighted by Gasteiger charge is -2.23. The second-order valence-corrected chi connectivity index (χ2v) is 7.56. The second kappa shape index (κ2) is 9.71. The molecule has 0 aliphatic heterocycles. The molecule has 2 N–H and O–H groups in total. The van der Waals surface area contributed by atoms with Crippen molar-refractivity contribution in [1.29, 1.82) is 0 Å². The third-order valence-corrected chi connectivity index (χ3v) is 4.29. The minimum Gasteiger partial charge on any atom is -0.341 e. The molecule has 0 bridgehead atoms. The molecule has 1 heterocycles. The molecule has 0 aromatic carbocycles. The number of amides is 1. The Morgan fingerprint density at radius 2 is 1.91 bits per heavy atom. The van der Waals surface area contributed by atoms with E-state index in [-0.39, 0.29) is 42.2 Å². The maximum atomic E-state index is 12.5. The number of hydrogen-bond acceptors (Lipinski definition) is 4. The molecular weight excluding hydrogens is 341 g/mol. The summed E-state index contributed by atoms with van der Waals surface area (Å²) in [6.45, 7) is 11.1. The van der Waals surface area contributed by atoms with Crippen LogP contribution in [0.25, 0.3) is 0 Å². The van der Waals surface area contributed by atoms with Crippen LogP contribution in [0.4, 0.5) is 0 Å². The van der Waals surface area contributed by atoms with E-state index in [2.05, 4.69) is 39.6 Å². The van der Waals surface area contributed by atoms with Crippen LogP contribution in [0, 0.1) is 5.92 Å². The first-order valence-corrected chi connectivity index (χ1v) is 7.97. The largest absolute Gasteiger partial charge is 0.341 e. The highest BCUT2D eigenvalue weighted by molar-refractivity contribution is 7.11. The van der Waals surface area contributed by atoms with Crippen molar-refractivity contribution in [2.24, 2.45) is 11.7 Å². The monoisotopic (exact) mass is 369 g/mol. The van der Waals surface area contributed by atoms with Crippen LogP contribution in [0.2, 0.25) is 0 Å². The fourth-order valence-corrected chi connectivity index (χ4v) is 2.87. The van der Waals surface area contributed by atoms with Gasteiger partial charge in [0.15, 0.2) is 0 Å². The summed E-state index contributed by atoms with van der Waals surface area (Å²) in [5.41, 5.74) is 8.56. The van der Waals surface area contributed by atoms with E-state index >= 15 is 0 Å². The summed E-state index contributed by atoms with van der Waals surface area (Å²) in [5.74, 6) is 0.487. The number of carbonyl (C=O) groups is 1. The number of halogens is 2. The summed E-state index contributed by atoms with van der Waals surface area (Å²) in [4.78, 5) is 19.4. The molecule has 4 nitrogen and oxygen atoms in total. The molecule has 0 radical (unpaired) electrons. The van der Waals surface area contributed by atoms with Crippen molar-refractivity contribution in [2.75, 3.05) is 13.6 Å². The molecule has 130 valence electrons. The molecule has 0 aliphatic carbocycles. The Balaban J connectivity index is 0. The number of aromatic nitrogens is 1. The molecule has 1 amide bonds. The van der Waals surface area contributed by atoms with Gasteiger partial charge in [-0.2, -0.15) is 0 Å². The molecule has 7 heteroatoms. The number of thiazole rings is 1. The zero-order valence-electron chi connectivity index (χ0n) is 14.3. The molecular formula is C15H29Cl2N3OS. The van der Waals surface area contributed by atoms with Gasteiger partial charge in [0.05, 0.1) is 11.2 Å². The minimum atomic E-state index is -0.111. The van der Waals surface area contributed by atoms with Crippen molar-refractivity contribution in [3.63, 3.8) is 0 Å². The fourth-order valence-electron chi connectivity index (χ4n) is 1.88. The number of nitrogens with zero attached hydrogens (tertiary/aromatic N) is 2. The summed E-state index contributed by atoms with van der Waals surface area (Å²) in [5, 5.41) is 0. The van der Waals surface area contributed by atoms with E-state index in [0.717, 1.165) is 17.0 Å². The number of rotatable bonds is 5. The van der Waals surface area contributed by atoms with Gasteiger partial charge in [-0.15, -0.1) is 36.2 Å². The predicted molar refractivity (Wildman–Crippen MR) is 99.7 cm³/mol. The summed E-state index contributed by atoms with van der Waals surface area (Å²) in [7, 11) is 1.83. The van der Waals surface area contributed by atoms with E-state index in [9.17, 15) is 4.79 Å². The molecule has 1 rings (SSSR count). The minimum absolute atomic E-state index is 0. The van der Waals surface area contributed by atoms with E-state index in [1.54, 1.807) is 10.4 Å². The molecule has 0 saturated heterocycles. The van der Waals surface area contributed by atoms with Crippen molar-refractivity contribution in [3.05, 3.63) is 16.1 Å². The maximum absolute atomic E-state index is 12.5. The number of hydrogen-bond donors (Lipinski definition) is 1. The van der Waals surface area contributed by atoms with Gasteiger partial charge >= 0.3 is 0 Å². The van der Waals surface area contributed by atoms with Crippen LogP contribution < -0.4 is 5.73 Å². The molecule has 0 fully saturated rings. The average molecular weight is 370 g/mol. The third-order valence-electron chi connectivity index (χ3n) is 3.47. The van der Waals surface area contributed by atoms with Crippen LogP contribution in [0.15, 0.2) is 5.51 Å². The zero-order valence-corrected chi connectivity index (χ0v) is 16.7. The topological polar surface area (TPSA) is 59.2 Å². The Kier molecular flexibility index (Phi) is 10.5. The fraction of sp³-hybridized carbons (Fsp3) is 0.733. The molecule has 0 aliphatic rings. The Morgan fingerprint density at radius 1 is 1.36 bits per heavy atom. The Morgan fingerprint density at radius 3 is 2.36 bits per heavy atom. The van der Waals surface area contributed by atoms with Crippen LogP contribution in [0.1, 0.15) is 56.4 Å². The quantitative estimate of drug-likeness (QED) is 0.859. The lowest BCUT2D eigenvalue weighted by Crippen LogP contribution is -2.35. The average Bonchev–Trinajstić information content (AvgIpc) is 2.83. The van der Waals surface area contributed by atoms with Crippen LogP contribution in [0.3, 0.4) is 0 Å². The van der Waals surface area contributed by atoms with Crippen LogP contribution in [0.5, 0.6) is 0 Å². The first-order valence-electron chi connectivity index (χ1n) is 7.09. The zero-order chi connectivity index (χ0) is 15.5. The van der Waals surface area contributed by atoms with Gasteiger partial charge in [0.25, 0.3) is 5.91 Å². The summed E-state index contributed by atoms with van der Waals surface area (Å²) < 4.78 is 0. The highest BCUT2D eigenvalue weighted by Crippen LogP contribution is 2.28. The predicted octanol–water partition coefficient (Wildman–Crippen LogP) is 3.73. The summed E-state index contributed by atoms with van der Waals surface area (Å²) in [6.07, 6.45) is 0.823. The van der Waals surface area contributed by atoms with Crippen molar-refractivity contribution in [3.8, 4) is 0 Å². The Bertz CT molecular complexity index is 458. The summed E-state index contributed by atoms with van der Waals surface area (Å²) >= 11 is 1.42. The van der Waals surface area contributed by atoms with Crippen LogP contribution in [-0.2, 0) is 5.41 Å². The highest BCUT2D eigenvalue weighted by Gasteiger charge is 2.26. The van der Waals surface area contributed by atoms with Gasteiger partial charge in [-0.25, -0.2) is 4.98 Å².